The highest BCUT2D eigenvalue weighted by Gasteiger charge is 2.15. The van der Waals surface area contributed by atoms with Crippen LogP contribution in [-0.4, -0.2) is 4.57 Å². The molecule has 54 heavy (non-hydrogen) atoms. The van der Waals surface area contributed by atoms with Gasteiger partial charge in [0.2, 0.25) is 0 Å². The summed E-state index contributed by atoms with van der Waals surface area (Å²) < 4.78 is 43.9. The number of nitrogens with zero attached hydrogens (tertiary/aromatic N) is 2. The molecule has 0 atom stereocenters. The van der Waals surface area contributed by atoms with Crippen molar-refractivity contribution in [2.24, 2.45) is 0 Å². The zero-order chi connectivity index (χ0) is 40.2. The van der Waals surface area contributed by atoms with Gasteiger partial charge in [-0.05, 0) is 111 Å². The first kappa shape index (κ1) is 26.6. The van der Waals surface area contributed by atoms with E-state index in [0.29, 0.717) is 5.56 Å². The number of benzene rings is 9. The third kappa shape index (κ3) is 5.71. The maximum atomic E-state index is 8.55. The highest BCUT2D eigenvalue weighted by Crippen LogP contribution is 2.39. The number of rotatable bonds is 7. The maximum Gasteiger partial charge on any atom is 0.0629 e. The molecule has 0 N–H and O–H groups in total. The second kappa shape index (κ2) is 13.4. The Bertz CT molecular complexity index is 3120. The van der Waals surface area contributed by atoms with Crippen LogP contribution >= 0.6 is 0 Å². The number of anilines is 3. The second-order valence-corrected chi connectivity index (χ2v) is 13.5. The molecule has 1 heterocycles. The van der Waals surface area contributed by atoms with Crippen LogP contribution < -0.4 is 4.90 Å². The Hall–Kier alpha value is -7.16. The zero-order valence-electron chi connectivity index (χ0n) is 34.3. The highest BCUT2D eigenvalue weighted by atomic mass is 15.1. The lowest BCUT2D eigenvalue weighted by Crippen LogP contribution is -2.09. The van der Waals surface area contributed by atoms with Gasteiger partial charge in [0, 0.05) is 33.5 Å². The van der Waals surface area contributed by atoms with Crippen molar-refractivity contribution in [3.63, 3.8) is 0 Å². The molecule has 254 valence electrons. The first-order valence-corrected chi connectivity index (χ1v) is 18.1. The zero-order valence-corrected chi connectivity index (χ0v) is 29.3. The van der Waals surface area contributed by atoms with Gasteiger partial charge < -0.3 is 9.47 Å². The van der Waals surface area contributed by atoms with Crippen molar-refractivity contribution < 1.29 is 6.85 Å². The lowest BCUT2D eigenvalue weighted by atomic mass is 10.0. The third-order valence-corrected chi connectivity index (χ3v) is 10.3. The second-order valence-electron chi connectivity index (χ2n) is 13.5. The summed E-state index contributed by atoms with van der Waals surface area (Å²) in [7, 11) is 0. The average molecular weight is 694 g/mol. The molecule has 9 aromatic carbocycles. The summed E-state index contributed by atoms with van der Waals surface area (Å²) in [6, 6.07) is 63.7. The quantitative estimate of drug-likeness (QED) is 0.161. The van der Waals surface area contributed by atoms with Gasteiger partial charge in [0.1, 0.15) is 0 Å². The molecule has 0 bridgehead atoms. The summed E-state index contributed by atoms with van der Waals surface area (Å²) >= 11 is 0. The SMILES string of the molecule is [2H]c1c([2H])c([2H])c(-c2ccc(N(c3ccc(-c4cccc(-n5c6ccccc6c6ccccc65)c4)cc3)c3ccc(-c4ccc5ccccc5c4)cc3)cc2)c([2H])c1[2H]. The Morgan fingerprint density at radius 1 is 0.352 bits per heavy atom. The Labute approximate surface area is 322 Å². The fraction of sp³-hybridized carbons (Fsp3) is 0. The van der Waals surface area contributed by atoms with E-state index in [0.717, 1.165) is 45.0 Å². The molecular formula is C52H36N2. The average Bonchev–Trinajstić information content (AvgIpc) is 3.63. The Morgan fingerprint density at radius 3 is 1.43 bits per heavy atom. The first-order chi connectivity index (χ1) is 28.8. The number of aromatic nitrogens is 1. The largest absolute Gasteiger partial charge is 0.311 e. The van der Waals surface area contributed by atoms with Crippen molar-refractivity contribution >= 4 is 49.6 Å². The Kier molecular flexibility index (Phi) is 6.61. The topological polar surface area (TPSA) is 8.17 Å². The summed E-state index contributed by atoms with van der Waals surface area (Å²) in [6.07, 6.45) is 0. The molecule has 0 spiro atoms. The lowest BCUT2D eigenvalue weighted by molar-refractivity contribution is 1.18. The van der Waals surface area contributed by atoms with Gasteiger partial charge in [0.05, 0.1) is 17.9 Å². The summed E-state index contributed by atoms with van der Waals surface area (Å²) in [5.41, 5.74) is 11.3. The van der Waals surface area contributed by atoms with E-state index in [1.165, 1.54) is 32.6 Å². The van der Waals surface area contributed by atoms with Gasteiger partial charge in [-0.25, -0.2) is 0 Å². The van der Waals surface area contributed by atoms with Crippen LogP contribution in [-0.2, 0) is 0 Å². The molecule has 1 aromatic heterocycles. The maximum absolute atomic E-state index is 8.55. The summed E-state index contributed by atoms with van der Waals surface area (Å²) in [5.74, 6) is 0. The van der Waals surface area contributed by atoms with Crippen LogP contribution in [0.25, 0.3) is 71.6 Å². The van der Waals surface area contributed by atoms with E-state index < -0.39 is 6.04 Å². The molecule has 0 radical (unpaired) electrons. The van der Waals surface area contributed by atoms with Gasteiger partial charge in [-0.1, -0.05) is 152 Å². The van der Waals surface area contributed by atoms with Crippen LogP contribution in [0.1, 0.15) is 6.85 Å². The minimum absolute atomic E-state index is 0.182. The third-order valence-electron chi connectivity index (χ3n) is 10.3. The van der Waals surface area contributed by atoms with Crippen molar-refractivity contribution in [2.75, 3.05) is 4.90 Å². The molecule has 0 aliphatic carbocycles. The minimum Gasteiger partial charge on any atom is -0.311 e. The predicted molar refractivity (Wildman–Crippen MR) is 229 cm³/mol. The molecule has 10 aromatic rings. The van der Waals surface area contributed by atoms with Crippen molar-refractivity contribution in [3.05, 3.63) is 218 Å². The fourth-order valence-electron chi connectivity index (χ4n) is 7.62. The molecule has 10 rings (SSSR count). The summed E-state index contributed by atoms with van der Waals surface area (Å²) in [5, 5.41) is 4.85. The van der Waals surface area contributed by atoms with Gasteiger partial charge in [-0.2, -0.15) is 0 Å². The van der Waals surface area contributed by atoms with Crippen LogP contribution in [0.15, 0.2) is 218 Å². The van der Waals surface area contributed by atoms with Gasteiger partial charge in [-0.3, -0.25) is 0 Å². The normalized spacial score (nSPS) is 12.6. The van der Waals surface area contributed by atoms with Crippen molar-refractivity contribution in [1.29, 1.82) is 0 Å². The van der Waals surface area contributed by atoms with Gasteiger partial charge in [-0.15, -0.1) is 0 Å². The van der Waals surface area contributed by atoms with E-state index >= 15 is 0 Å². The molecule has 2 nitrogen and oxygen atoms in total. The van der Waals surface area contributed by atoms with Crippen LogP contribution in [0, 0.1) is 0 Å². The molecule has 0 aliphatic rings. The fourth-order valence-corrected chi connectivity index (χ4v) is 7.62. The van der Waals surface area contributed by atoms with E-state index in [1.54, 1.807) is 0 Å². The van der Waals surface area contributed by atoms with Gasteiger partial charge in [0.15, 0.2) is 0 Å². The first-order valence-electron chi connectivity index (χ1n) is 20.6. The van der Waals surface area contributed by atoms with Crippen LogP contribution in [0.4, 0.5) is 17.1 Å². The summed E-state index contributed by atoms with van der Waals surface area (Å²) in [6.45, 7) is 0. The van der Waals surface area contributed by atoms with E-state index in [4.69, 9.17) is 6.85 Å². The molecular weight excluding hydrogens is 653 g/mol. The smallest absolute Gasteiger partial charge is 0.0629 e. The van der Waals surface area contributed by atoms with Crippen molar-refractivity contribution in [2.45, 2.75) is 0 Å². The van der Waals surface area contributed by atoms with Crippen molar-refractivity contribution in [3.8, 4) is 39.1 Å². The molecule has 0 amide bonds. The molecule has 2 heteroatoms. The molecule has 0 unspecified atom stereocenters. The van der Waals surface area contributed by atoms with E-state index in [-0.39, 0.29) is 29.7 Å². The lowest BCUT2D eigenvalue weighted by Gasteiger charge is -2.26. The number of fused-ring (bicyclic) bond motifs is 4. The Morgan fingerprint density at radius 2 is 0.833 bits per heavy atom. The van der Waals surface area contributed by atoms with E-state index in [2.05, 4.69) is 173 Å². The van der Waals surface area contributed by atoms with Gasteiger partial charge >= 0.3 is 0 Å². The number of hydrogen-bond acceptors (Lipinski definition) is 1. The van der Waals surface area contributed by atoms with Gasteiger partial charge in [0.25, 0.3) is 0 Å². The molecule has 0 fully saturated rings. The van der Waals surface area contributed by atoms with Crippen LogP contribution in [0.3, 0.4) is 0 Å². The number of para-hydroxylation sites is 2. The monoisotopic (exact) mass is 693 g/mol. The summed E-state index contributed by atoms with van der Waals surface area (Å²) in [4.78, 5) is 2.17. The molecule has 0 aliphatic heterocycles. The number of hydrogen-bond donors (Lipinski definition) is 0. The predicted octanol–water partition coefficient (Wildman–Crippen LogP) is 14.4. The van der Waals surface area contributed by atoms with E-state index in [9.17, 15) is 0 Å². The molecule has 0 saturated heterocycles. The molecule has 0 saturated carbocycles. The van der Waals surface area contributed by atoms with E-state index in [1.807, 2.05) is 24.3 Å². The van der Waals surface area contributed by atoms with Crippen molar-refractivity contribution in [1.82, 2.24) is 4.57 Å². The minimum atomic E-state index is -0.402. The van der Waals surface area contributed by atoms with Crippen LogP contribution in [0.2, 0.25) is 0 Å². The van der Waals surface area contributed by atoms with Crippen LogP contribution in [0.5, 0.6) is 0 Å². The highest BCUT2D eigenvalue weighted by molar-refractivity contribution is 6.09. The Balaban J connectivity index is 1.04. The standard InChI is InChI=1S/C52H36N2/c1-2-11-37(12-3-1)39-23-29-45(30-24-39)53(47-33-27-41(28-34-47)44-22-21-38-13-4-5-14-42(38)35-44)46-31-25-40(26-32-46)43-15-10-16-48(36-43)54-51-19-8-6-17-49(51)50-18-7-9-20-52(50)54/h1-36H/i1D,2D,3D,11D,12D.